The van der Waals surface area contributed by atoms with Crippen molar-refractivity contribution in [3.05, 3.63) is 71.3 Å². The van der Waals surface area contributed by atoms with Crippen LogP contribution in [0.25, 0.3) is 0 Å². The van der Waals surface area contributed by atoms with Gasteiger partial charge >= 0.3 is 5.97 Å². The van der Waals surface area contributed by atoms with Gasteiger partial charge in [-0.25, -0.2) is 4.79 Å². The highest BCUT2D eigenvalue weighted by Crippen LogP contribution is 2.33. The number of nitrogens with zero attached hydrogens (tertiary/aromatic N) is 1. The average Bonchev–Trinajstić information content (AvgIpc) is 2.91. The number of carboxylic acid groups (broad SMARTS) is 1. The lowest BCUT2D eigenvalue weighted by molar-refractivity contribution is -0.133. The molecule has 0 aromatic heterocycles. The number of carbonyl (C=O) groups is 2. The third-order valence-electron chi connectivity index (χ3n) is 7.42. The van der Waals surface area contributed by atoms with Crippen LogP contribution in [0.5, 0.6) is 0 Å². The Labute approximate surface area is 219 Å². The van der Waals surface area contributed by atoms with E-state index in [9.17, 15) is 14.7 Å². The largest absolute Gasteiger partial charge is 0.478 e. The number of carbonyl (C=O) groups excluding carboxylic acids is 1. The Morgan fingerprint density at radius 1 is 1.11 bits per heavy atom. The molecule has 4 rings (SSSR count). The molecule has 3 N–H and O–H groups in total. The van der Waals surface area contributed by atoms with Gasteiger partial charge in [0.1, 0.15) is 0 Å². The molecule has 1 aliphatic carbocycles. The molecule has 0 radical (unpaired) electrons. The lowest BCUT2D eigenvalue weighted by Gasteiger charge is -2.38. The number of nitrogens with one attached hydrogen (secondary N) is 2. The van der Waals surface area contributed by atoms with Gasteiger partial charge in [-0.15, -0.1) is 0 Å². The third-order valence-corrected chi connectivity index (χ3v) is 7.42. The number of aryl methyl sites for hydroxylation is 1. The molecule has 0 unspecified atom stereocenters. The number of ether oxygens (including phenoxy) is 1. The summed E-state index contributed by atoms with van der Waals surface area (Å²) in [6, 6.07) is 16.5. The molecule has 1 aliphatic heterocycles. The molecule has 0 bridgehead atoms. The monoisotopic (exact) mass is 505 g/mol. The number of amides is 1. The fraction of sp³-hybridized carbons (Fsp3) is 0.467. The number of hydrogen-bond acceptors (Lipinski definition) is 5. The molecule has 2 aliphatic rings. The van der Waals surface area contributed by atoms with Crippen LogP contribution in [0.15, 0.2) is 60.2 Å². The van der Waals surface area contributed by atoms with Crippen molar-refractivity contribution in [2.45, 2.75) is 83.7 Å². The van der Waals surface area contributed by atoms with E-state index in [-0.39, 0.29) is 24.1 Å². The van der Waals surface area contributed by atoms with Crippen molar-refractivity contribution in [2.24, 2.45) is 0 Å². The highest BCUT2D eigenvalue weighted by molar-refractivity contribution is 5.87. The standard InChI is InChI=1S/C30H39N3O4/c1-4-25(5-2)37-28-18-23(30(35)36)17-26(29(28)32-20(3)34)31-19-21-12-14-24(15-13-21)33-16-8-10-22-9-6-7-11-27(22)33/h6-7,9,11-15,18,25-26,28-29,31H,4-5,8,10,16-17,19H2,1-3H3,(H,32,34)(H,35,36)/t26-,28+,29+/m0/s1. The highest BCUT2D eigenvalue weighted by atomic mass is 16.5. The average molecular weight is 506 g/mol. The lowest BCUT2D eigenvalue weighted by atomic mass is 9.87. The summed E-state index contributed by atoms with van der Waals surface area (Å²) in [4.78, 5) is 26.3. The Kier molecular flexibility index (Phi) is 9.00. The fourth-order valence-electron chi connectivity index (χ4n) is 5.41. The second-order valence-corrected chi connectivity index (χ2v) is 10.0. The van der Waals surface area contributed by atoms with E-state index in [2.05, 4.69) is 64.1 Å². The molecule has 2 aromatic rings. The summed E-state index contributed by atoms with van der Waals surface area (Å²) >= 11 is 0. The molecule has 1 amide bonds. The summed E-state index contributed by atoms with van der Waals surface area (Å²) in [5.74, 6) is -1.11. The molecule has 3 atom stereocenters. The first kappa shape index (κ1) is 26.9. The summed E-state index contributed by atoms with van der Waals surface area (Å²) < 4.78 is 6.28. The van der Waals surface area contributed by atoms with Crippen LogP contribution in [-0.2, 0) is 27.3 Å². The fourth-order valence-corrected chi connectivity index (χ4v) is 5.41. The number of para-hydroxylation sites is 1. The number of hydrogen-bond donors (Lipinski definition) is 3. The maximum Gasteiger partial charge on any atom is 0.331 e. The minimum absolute atomic E-state index is 0.00114. The van der Waals surface area contributed by atoms with Crippen molar-refractivity contribution >= 4 is 23.3 Å². The van der Waals surface area contributed by atoms with E-state index < -0.39 is 12.1 Å². The molecule has 2 aromatic carbocycles. The molecule has 7 heteroatoms. The van der Waals surface area contributed by atoms with Crippen LogP contribution >= 0.6 is 0 Å². The molecule has 1 heterocycles. The molecular formula is C30H39N3O4. The van der Waals surface area contributed by atoms with E-state index in [1.165, 1.54) is 23.9 Å². The van der Waals surface area contributed by atoms with E-state index in [0.29, 0.717) is 18.5 Å². The lowest BCUT2D eigenvalue weighted by Crippen LogP contribution is -2.58. The van der Waals surface area contributed by atoms with E-state index in [1.807, 2.05) is 13.8 Å². The van der Waals surface area contributed by atoms with Crippen molar-refractivity contribution in [3.8, 4) is 0 Å². The van der Waals surface area contributed by atoms with Gasteiger partial charge in [0.05, 0.1) is 18.2 Å². The zero-order valence-electron chi connectivity index (χ0n) is 22.1. The Morgan fingerprint density at radius 2 is 1.84 bits per heavy atom. The van der Waals surface area contributed by atoms with Gasteiger partial charge < -0.3 is 25.4 Å². The van der Waals surface area contributed by atoms with E-state index in [0.717, 1.165) is 37.8 Å². The molecule has 37 heavy (non-hydrogen) atoms. The van der Waals surface area contributed by atoms with Crippen molar-refractivity contribution < 1.29 is 19.4 Å². The number of benzene rings is 2. The summed E-state index contributed by atoms with van der Waals surface area (Å²) in [7, 11) is 0. The van der Waals surface area contributed by atoms with E-state index in [1.54, 1.807) is 6.08 Å². The first-order valence-electron chi connectivity index (χ1n) is 13.4. The zero-order chi connectivity index (χ0) is 26.4. The quantitative estimate of drug-likeness (QED) is 0.433. The normalized spacial score (nSPS) is 21.4. The maximum atomic E-state index is 12.1. The van der Waals surface area contributed by atoms with Crippen molar-refractivity contribution in [3.63, 3.8) is 0 Å². The molecule has 0 saturated heterocycles. The molecular weight excluding hydrogens is 466 g/mol. The first-order chi connectivity index (χ1) is 17.9. The van der Waals surface area contributed by atoms with Gasteiger partial charge in [-0.3, -0.25) is 4.79 Å². The van der Waals surface area contributed by atoms with Crippen LogP contribution in [0.4, 0.5) is 11.4 Å². The maximum absolute atomic E-state index is 12.1. The second-order valence-electron chi connectivity index (χ2n) is 10.0. The van der Waals surface area contributed by atoms with Gasteiger partial charge in [-0.05, 0) is 67.5 Å². The van der Waals surface area contributed by atoms with E-state index >= 15 is 0 Å². The third kappa shape index (κ3) is 6.59. The van der Waals surface area contributed by atoms with Crippen LogP contribution in [0.3, 0.4) is 0 Å². The smallest absolute Gasteiger partial charge is 0.331 e. The number of carboxylic acids is 1. The van der Waals surface area contributed by atoms with Crippen LogP contribution in [0.2, 0.25) is 0 Å². The van der Waals surface area contributed by atoms with Crippen molar-refractivity contribution in [1.29, 1.82) is 0 Å². The Balaban J connectivity index is 1.48. The predicted molar refractivity (Wildman–Crippen MR) is 146 cm³/mol. The van der Waals surface area contributed by atoms with Crippen LogP contribution in [-0.4, -0.2) is 47.8 Å². The Morgan fingerprint density at radius 3 is 2.51 bits per heavy atom. The van der Waals surface area contributed by atoms with Gasteiger partial charge in [0.25, 0.3) is 0 Å². The first-order valence-corrected chi connectivity index (χ1v) is 13.4. The SMILES string of the molecule is CCC(CC)O[C@@H]1C=C(C(=O)O)C[C@H](NCc2ccc(N3CCCc4ccccc43)cc2)[C@H]1NC(C)=O. The van der Waals surface area contributed by atoms with Gasteiger partial charge in [0, 0.05) is 43.0 Å². The number of anilines is 2. The summed E-state index contributed by atoms with van der Waals surface area (Å²) in [5.41, 5.74) is 5.23. The predicted octanol–water partition coefficient (Wildman–Crippen LogP) is 4.72. The van der Waals surface area contributed by atoms with Crippen LogP contribution < -0.4 is 15.5 Å². The minimum Gasteiger partial charge on any atom is -0.478 e. The number of aliphatic carboxylic acids is 1. The van der Waals surface area contributed by atoms with Gasteiger partial charge in [-0.1, -0.05) is 44.2 Å². The highest BCUT2D eigenvalue weighted by Gasteiger charge is 2.37. The Bertz CT molecular complexity index is 1110. The van der Waals surface area contributed by atoms with Crippen molar-refractivity contribution in [2.75, 3.05) is 11.4 Å². The molecule has 0 fully saturated rings. The molecule has 0 saturated carbocycles. The molecule has 7 nitrogen and oxygen atoms in total. The summed E-state index contributed by atoms with van der Waals surface area (Å²) in [6.45, 7) is 7.14. The minimum atomic E-state index is -0.947. The molecule has 0 spiro atoms. The second kappa shape index (κ2) is 12.4. The number of rotatable bonds is 10. The summed E-state index contributed by atoms with van der Waals surface area (Å²) in [6.07, 6.45) is 5.36. The molecule has 198 valence electrons. The van der Waals surface area contributed by atoms with Gasteiger partial charge in [0.15, 0.2) is 0 Å². The zero-order valence-corrected chi connectivity index (χ0v) is 22.1. The van der Waals surface area contributed by atoms with Gasteiger partial charge in [-0.2, -0.15) is 0 Å². The summed E-state index contributed by atoms with van der Waals surface area (Å²) in [5, 5.41) is 16.3. The number of fused-ring (bicyclic) bond motifs is 1. The van der Waals surface area contributed by atoms with Crippen LogP contribution in [0.1, 0.15) is 57.6 Å². The topological polar surface area (TPSA) is 90.9 Å². The van der Waals surface area contributed by atoms with E-state index in [4.69, 9.17) is 4.74 Å². The Hall–Kier alpha value is -3.16. The van der Waals surface area contributed by atoms with Gasteiger partial charge in [0.2, 0.25) is 5.91 Å². The van der Waals surface area contributed by atoms with Crippen LogP contribution in [0, 0.1) is 0 Å². The van der Waals surface area contributed by atoms with Crippen molar-refractivity contribution in [1.82, 2.24) is 10.6 Å².